The summed E-state index contributed by atoms with van der Waals surface area (Å²) in [6.07, 6.45) is 12.6. The van der Waals surface area contributed by atoms with E-state index in [9.17, 15) is 4.79 Å². The zero-order valence-corrected chi connectivity index (χ0v) is 22.3. The summed E-state index contributed by atoms with van der Waals surface area (Å²) in [6.45, 7) is 13.4. The van der Waals surface area contributed by atoms with Crippen LogP contribution in [0.3, 0.4) is 0 Å². The number of rotatable bonds is 13. The Morgan fingerprint density at radius 3 is 1.91 bits per heavy atom. The van der Waals surface area contributed by atoms with Gasteiger partial charge in [0.05, 0.1) is 12.5 Å². The molecule has 0 fully saturated rings. The molecule has 0 saturated carbocycles. The third-order valence-electron chi connectivity index (χ3n) is 5.52. The van der Waals surface area contributed by atoms with E-state index in [1.807, 2.05) is 18.2 Å². The average Bonchev–Trinajstić information content (AvgIpc) is 2.78. The number of hydrogen-bond acceptors (Lipinski definition) is 5. The van der Waals surface area contributed by atoms with Gasteiger partial charge < -0.3 is 18.6 Å². The summed E-state index contributed by atoms with van der Waals surface area (Å²) in [5, 5.41) is 0.665. The average molecular weight is 481 g/mol. The number of ether oxygens (including phenoxy) is 3. The highest BCUT2D eigenvalue weighted by Crippen LogP contribution is 2.34. The molecule has 0 aliphatic rings. The van der Waals surface area contributed by atoms with Crippen LogP contribution in [-0.2, 0) is 0 Å². The number of fused-ring (bicyclic) bond motifs is 1. The second-order valence-electron chi connectivity index (χ2n) is 9.27. The Hall–Kier alpha value is -3.21. The zero-order chi connectivity index (χ0) is 25.8. The largest absolute Gasteiger partial charge is 0.489 e. The number of benzene rings is 1. The van der Waals surface area contributed by atoms with Crippen LogP contribution in [0.25, 0.3) is 11.0 Å². The van der Waals surface area contributed by atoms with Crippen molar-refractivity contribution in [2.45, 2.75) is 67.2 Å². The highest BCUT2D eigenvalue weighted by atomic mass is 16.5. The third kappa shape index (κ3) is 9.51. The highest BCUT2D eigenvalue weighted by molar-refractivity contribution is 5.86. The fourth-order valence-electron chi connectivity index (χ4n) is 3.47. The normalized spacial score (nSPS) is 11.9. The molecule has 5 nitrogen and oxygen atoms in total. The second-order valence-corrected chi connectivity index (χ2v) is 9.27. The van der Waals surface area contributed by atoms with Crippen molar-refractivity contribution in [1.29, 1.82) is 0 Å². The molecule has 35 heavy (non-hydrogen) atoms. The SMILES string of the molecule is COc1c(OC/C=C(\C)CCC=C(C)C)c2ccc(OC/C=C(\C)CCC=C(C)C)cc2oc1=O. The van der Waals surface area contributed by atoms with Crippen LogP contribution in [0.15, 0.2) is 74.0 Å². The molecule has 0 atom stereocenters. The first-order valence-corrected chi connectivity index (χ1v) is 12.2. The van der Waals surface area contributed by atoms with Crippen LogP contribution in [0.4, 0.5) is 0 Å². The predicted octanol–water partition coefficient (Wildman–Crippen LogP) is 7.94. The van der Waals surface area contributed by atoms with E-state index in [-0.39, 0.29) is 5.75 Å². The maximum Gasteiger partial charge on any atom is 0.383 e. The van der Waals surface area contributed by atoms with Crippen LogP contribution < -0.4 is 19.8 Å². The van der Waals surface area contributed by atoms with Gasteiger partial charge in [0, 0.05) is 6.07 Å². The van der Waals surface area contributed by atoms with Crippen molar-refractivity contribution in [3.05, 3.63) is 75.2 Å². The van der Waals surface area contributed by atoms with Crippen molar-refractivity contribution >= 4 is 11.0 Å². The van der Waals surface area contributed by atoms with Crippen LogP contribution in [0.5, 0.6) is 17.2 Å². The lowest BCUT2D eigenvalue weighted by Gasteiger charge is -2.12. The first kappa shape index (κ1) is 28.0. The summed E-state index contributed by atoms with van der Waals surface area (Å²) in [6, 6.07) is 5.40. The van der Waals surface area contributed by atoms with Crippen LogP contribution in [0, 0.1) is 0 Å². The monoisotopic (exact) mass is 480 g/mol. The van der Waals surface area contributed by atoms with E-state index in [0.717, 1.165) is 25.7 Å². The van der Waals surface area contributed by atoms with E-state index in [4.69, 9.17) is 18.6 Å². The first-order chi connectivity index (χ1) is 16.7. The minimum atomic E-state index is -0.577. The fraction of sp³-hybridized carbons (Fsp3) is 0.433. The summed E-state index contributed by atoms with van der Waals surface area (Å²) >= 11 is 0. The Balaban J connectivity index is 2.13. The number of allylic oxidation sites excluding steroid dienone is 6. The van der Waals surface area contributed by atoms with Gasteiger partial charge in [0.25, 0.3) is 0 Å². The van der Waals surface area contributed by atoms with Gasteiger partial charge in [-0.15, -0.1) is 0 Å². The molecule has 1 aromatic heterocycles. The van der Waals surface area contributed by atoms with E-state index in [0.29, 0.717) is 35.7 Å². The molecule has 0 radical (unpaired) electrons. The molecule has 0 bridgehead atoms. The zero-order valence-electron chi connectivity index (χ0n) is 22.3. The lowest BCUT2D eigenvalue weighted by Crippen LogP contribution is -2.08. The van der Waals surface area contributed by atoms with Gasteiger partial charge in [-0.2, -0.15) is 0 Å². The smallest absolute Gasteiger partial charge is 0.383 e. The molecule has 0 saturated heterocycles. The number of methoxy groups -OCH3 is 1. The summed E-state index contributed by atoms with van der Waals surface area (Å²) < 4.78 is 22.7. The predicted molar refractivity (Wildman–Crippen MR) is 145 cm³/mol. The van der Waals surface area contributed by atoms with E-state index in [1.54, 1.807) is 6.07 Å². The fourth-order valence-corrected chi connectivity index (χ4v) is 3.47. The minimum Gasteiger partial charge on any atom is -0.489 e. The van der Waals surface area contributed by atoms with Crippen molar-refractivity contribution in [1.82, 2.24) is 0 Å². The molecule has 0 N–H and O–H groups in total. The molecule has 0 amide bonds. The molecule has 0 unspecified atom stereocenters. The van der Waals surface area contributed by atoms with E-state index < -0.39 is 5.63 Å². The van der Waals surface area contributed by atoms with Crippen molar-refractivity contribution in [2.24, 2.45) is 0 Å². The van der Waals surface area contributed by atoms with E-state index >= 15 is 0 Å². The van der Waals surface area contributed by atoms with Gasteiger partial charge in [-0.05, 0) is 91.5 Å². The summed E-state index contributed by atoms with van der Waals surface area (Å²) in [4.78, 5) is 12.5. The van der Waals surface area contributed by atoms with E-state index in [1.165, 1.54) is 29.4 Å². The Morgan fingerprint density at radius 1 is 0.800 bits per heavy atom. The number of hydrogen-bond donors (Lipinski definition) is 0. The Bertz CT molecular complexity index is 1150. The summed E-state index contributed by atoms with van der Waals surface area (Å²) in [5.41, 5.74) is 4.98. The molecule has 0 aliphatic heterocycles. The van der Waals surface area contributed by atoms with Crippen molar-refractivity contribution in [2.75, 3.05) is 20.3 Å². The van der Waals surface area contributed by atoms with Crippen LogP contribution in [0.1, 0.15) is 67.2 Å². The lowest BCUT2D eigenvalue weighted by molar-refractivity contribution is 0.315. The van der Waals surface area contributed by atoms with Crippen LogP contribution in [-0.4, -0.2) is 20.3 Å². The summed E-state index contributed by atoms with van der Waals surface area (Å²) in [5.74, 6) is 1.07. The molecular weight excluding hydrogens is 440 g/mol. The molecule has 190 valence electrons. The van der Waals surface area contributed by atoms with E-state index in [2.05, 4.69) is 59.8 Å². The topological polar surface area (TPSA) is 57.9 Å². The molecule has 0 spiro atoms. The van der Waals surface area contributed by atoms with Gasteiger partial charge in [0.2, 0.25) is 5.75 Å². The maximum absolute atomic E-state index is 12.5. The van der Waals surface area contributed by atoms with Crippen molar-refractivity contribution in [3.8, 4) is 17.2 Å². The first-order valence-electron chi connectivity index (χ1n) is 12.2. The van der Waals surface area contributed by atoms with Gasteiger partial charge in [0.1, 0.15) is 24.5 Å². The Morgan fingerprint density at radius 2 is 1.37 bits per heavy atom. The van der Waals surface area contributed by atoms with Gasteiger partial charge >= 0.3 is 5.63 Å². The molecule has 1 heterocycles. The molecule has 2 rings (SSSR count). The van der Waals surface area contributed by atoms with Gasteiger partial charge in [-0.3, -0.25) is 0 Å². The minimum absolute atomic E-state index is 0.0664. The lowest BCUT2D eigenvalue weighted by atomic mass is 10.1. The van der Waals surface area contributed by atoms with Gasteiger partial charge in [-0.25, -0.2) is 4.79 Å². The van der Waals surface area contributed by atoms with Crippen LogP contribution >= 0.6 is 0 Å². The van der Waals surface area contributed by atoms with Crippen molar-refractivity contribution < 1.29 is 18.6 Å². The Labute approximate surface area is 209 Å². The molecule has 2 aromatic rings. The Kier molecular flexibility index (Phi) is 11.4. The summed E-state index contributed by atoms with van der Waals surface area (Å²) in [7, 11) is 1.44. The second kappa shape index (κ2) is 14.2. The standard InChI is InChI=1S/C30H40O5/c1-21(2)10-8-12-23(5)16-18-33-25-14-15-26-27(20-25)35-30(31)29(32-7)28(26)34-19-17-24(6)13-9-11-22(3)4/h10-11,14-17,20H,8-9,12-13,18-19H2,1-7H3/b23-16+,24-17+. The third-order valence-corrected chi connectivity index (χ3v) is 5.52. The van der Waals surface area contributed by atoms with Gasteiger partial charge in [0.15, 0.2) is 5.75 Å². The van der Waals surface area contributed by atoms with Crippen LogP contribution in [0.2, 0.25) is 0 Å². The maximum atomic E-state index is 12.5. The quantitative estimate of drug-likeness (QED) is 0.215. The van der Waals surface area contributed by atoms with Crippen molar-refractivity contribution in [3.63, 3.8) is 0 Å². The highest BCUT2D eigenvalue weighted by Gasteiger charge is 2.17. The molecular formula is C30H40O5. The molecule has 0 aliphatic carbocycles. The molecule has 5 heteroatoms. The van der Waals surface area contributed by atoms with Gasteiger partial charge in [-0.1, -0.05) is 34.4 Å². The molecule has 1 aromatic carbocycles.